The maximum atomic E-state index is 12.5. The Morgan fingerprint density at radius 1 is 1.21 bits per heavy atom. The molecule has 3 rings (SSSR count). The van der Waals surface area contributed by atoms with Gasteiger partial charge in [-0.2, -0.15) is 5.26 Å². The lowest BCUT2D eigenvalue weighted by Gasteiger charge is -2.45. The first kappa shape index (κ1) is 25.6. The Morgan fingerprint density at radius 3 is 2.59 bits per heavy atom. The molecule has 0 saturated carbocycles. The third-order valence-electron chi connectivity index (χ3n) is 6.78. The Kier molecular flexibility index (Phi) is 8.57. The molecule has 182 valence electrons. The average Bonchev–Trinajstić information content (AvgIpc) is 2.81. The largest absolute Gasteiger partial charge is 0.462 e. The summed E-state index contributed by atoms with van der Waals surface area (Å²) in [5, 5.41) is 9.73. The summed E-state index contributed by atoms with van der Waals surface area (Å²) < 4.78 is 10.5. The summed E-state index contributed by atoms with van der Waals surface area (Å²) in [6.45, 7) is 13.8. The number of hydrogen-bond acceptors (Lipinski definition) is 6. The molecule has 0 aliphatic carbocycles. The lowest BCUT2D eigenvalue weighted by molar-refractivity contribution is 0.0525. The maximum absolute atomic E-state index is 12.5. The van der Waals surface area contributed by atoms with Gasteiger partial charge in [0.05, 0.1) is 30.0 Å². The number of carbonyl (C=O) groups is 1. The van der Waals surface area contributed by atoms with Gasteiger partial charge in [0.1, 0.15) is 6.07 Å². The molecule has 0 amide bonds. The zero-order valence-corrected chi connectivity index (χ0v) is 21.4. The standard InChI is InChI=1S/C28H37N3O3/c1-7-31(27-15-24(28(32)34-8-2)19(3)13-20(27)4)25-11-12-30(17-21(25)5)26-10-9-22(18-33-6)14-23(26)16-29/h9-10,13-15,21,25H,7-8,11-12,17-18H2,1-6H3. The van der Waals surface area contributed by atoms with Crippen LogP contribution in [-0.2, 0) is 16.1 Å². The van der Waals surface area contributed by atoms with Gasteiger partial charge < -0.3 is 19.3 Å². The van der Waals surface area contributed by atoms with Crippen molar-refractivity contribution in [3.05, 3.63) is 58.1 Å². The van der Waals surface area contributed by atoms with Gasteiger partial charge >= 0.3 is 5.97 Å². The molecule has 1 saturated heterocycles. The van der Waals surface area contributed by atoms with Crippen molar-refractivity contribution >= 4 is 17.3 Å². The SMILES string of the molecule is CCOC(=O)c1cc(N(CC)C2CCN(c3ccc(COC)cc3C#N)CC2C)c(C)cc1C. The number of aryl methyl sites for hydroxylation is 2. The molecule has 0 N–H and O–H groups in total. The van der Waals surface area contributed by atoms with Crippen LogP contribution in [0.5, 0.6) is 0 Å². The molecule has 0 spiro atoms. The van der Waals surface area contributed by atoms with Crippen LogP contribution < -0.4 is 9.80 Å². The minimum atomic E-state index is -0.263. The van der Waals surface area contributed by atoms with Crippen molar-refractivity contribution in [2.45, 2.75) is 53.7 Å². The van der Waals surface area contributed by atoms with Crippen LogP contribution in [0.2, 0.25) is 0 Å². The van der Waals surface area contributed by atoms with Crippen LogP contribution in [0.25, 0.3) is 0 Å². The zero-order chi connectivity index (χ0) is 24.8. The van der Waals surface area contributed by atoms with Crippen molar-refractivity contribution in [2.75, 3.05) is 43.2 Å². The summed E-state index contributed by atoms with van der Waals surface area (Å²) in [5.41, 5.74) is 6.55. The van der Waals surface area contributed by atoms with Gasteiger partial charge in [0.25, 0.3) is 0 Å². The number of nitrogens with zero attached hydrogens (tertiary/aromatic N) is 3. The Labute approximate surface area is 204 Å². The second-order valence-corrected chi connectivity index (χ2v) is 9.14. The molecule has 1 fully saturated rings. The van der Waals surface area contributed by atoms with Crippen molar-refractivity contribution in [3.63, 3.8) is 0 Å². The molecular formula is C28H37N3O3. The first-order valence-corrected chi connectivity index (χ1v) is 12.2. The van der Waals surface area contributed by atoms with E-state index in [1.165, 1.54) is 5.56 Å². The van der Waals surface area contributed by atoms with Crippen LogP contribution in [0.15, 0.2) is 30.3 Å². The van der Waals surface area contributed by atoms with Crippen LogP contribution >= 0.6 is 0 Å². The van der Waals surface area contributed by atoms with E-state index in [0.717, 1.165) is 48.6 Å². The predicted octanol–water partition coefficient (Wildman–Crippen LogP) is 5.24. The van der Waals surface area contributed by atoms with Crippen molar-refractivity contribution < 1.29 is 14.3 Å². The number of carbonyl (C=O) groups excluding carboxylic acids is 1. The first-order valence-electron chi connectivity index (χ1n) is 12.2. The van der Waals surface area contributed by atoms with Gasteiger partial charge in [0.2, 0.25) is 0 Å². The van der Waals surface area contributed by atoms with Gasteiger partial charge in [-0.1, -0.05) is 19.1 Å². The Balaban J connectivity index is 1.84. The fraction of sp³-hybridized carbons (Fsp3) is 0.500. The number of ether oxygens (including phenoxy) is 2. The van der Waals surface area contributed by atoms with E-state index in [1.807, 2.05) is 38.1 Å². The highest BCUT2D eigenvalue weighted by Crippen LogP contribution is 2.34. The molecule has 0 radical (unpaired) electrons. The van der Waals surface area contributed by atoms with Gasteiger partial charge in [-0.25, -0.2) is 4.79 Å². The van der Waals surface area contributed by atoms with E-state index in [1.54, 1.807) is 7.11 Å². The summed E-state index contributed by atoms with van der Waals surface area (Å²) >= 11 is 0. The van der Waals surface area contributed by atoms with E-state index in [4.69, 9.17) is 9.47 Å². The van der Waals surface area contributed by atoms with Gasteiger partial charge in [-0.05, 0) is 74.9 Å². The monoisotopic (exact) mass is 463 g/mol. The molecule has 1 aliphatic rings. The van der Waals surface area contributed by atoms with E-state index in [0.29, 0.717) is 36.3 Å². The summed E-state index contributed by atoms with van der Waals surface area (Å²) in [6.07, 6.45) is 0.974. The van der Waals surface area contributed by atoms with E-state index < -0.39 is 0 Å². The molecule has 2 unspecified atom stereocenters. The smallest absolute Gasteiger partial charge is 0.338 e. The number of anilines is 2. The Hall–Kier alpha value is -3.04. The van der Waals surface area contributed by atoms with Crippen LogP contribution in [-0.4, -0.2) is 45.4 Å². The van der Waals surface area contributed by atoms with Gasteiger partial charge in [-0.15, -0.1) is 0 Å². The molecule has 2 aromatic carbocycles. The lowest BCUT2D eigenvalue weighted by atomic mass is 9.90. The molecule has 6 heteroatoms. The highest BCUT2D eigenvalue weighted by molar-refractivity contribution is 5.92. The zero-order valence-electron chi connectivity index (χ0n) is 21.4. The third-order valence-corrected chi connectivity index (χ3v) is 6.78. The molecule has 2 atom stereocenters. The topological polar surface area (TPSA) is 65.8 Å². The van der Waals surface area contributed by atoms with Crippen LogP contribution in [0, 0.1) is 31.1 Å². The number of methoxy groups -OCH3 is 1. The van der Waals surface area contributed by atoms with Gasteiger partial charge in [-0.3, -0.25) is 0 Å². The van der Waals surface area contributed by atoms with Crippen molar-refractivity contribution in [1.29, 1.82) is 5.26 Å². The van der Waals surface area contributed by atoms with E-state index in [9.17, 15) is 10.1 Å². The third kappa shape index (κ3) is 5.37. The molecule has 6 nitrogen and oxygen atoms in total. The quantitative estimate of drug-likeness (QED) is 0.499. The molecule has 2 aromatic rings. The maximum Gasteiger partial charge on any atom is 0.338 e. The Bertz CT molecular complexity index is 1060. The molecular weight excluding hydrogens is 426 g/mol. The molecule has 1 aliphatic heterocycles. The number of benzene rings is 2. The number of hydrogen-bond donors (Lipinski definition) is 0. The lowest BCUT2D eigenvalue weighted by Crippen LogP contribution is -2.51. The normalized spacial score (nSPS) is 17.9. The van der Waals surface area contributed by atoms with Crippen molar-refractivity contribution in [3.8, 4) is 6.07 Å². The highest BCUT2D eigenvalue weighted by atomic mass is 16.5. The van der Waals surface area contributed by atoms with E-state index >= 15 is 0 Å². The molecule has 0 aromatic heterocycles. The second-order valence-electron chi connectivity index (χ2n) is 9.14. The number of nitriles is 1. The molecule has 0 bridgehead atoms. The fourth-order valence-corrected chi connectivity index (χ4v) is 5.18. The number of esters is 1. The summed E-state index contributed by atoms with van der Waals surface area (Å²) in [5.74, 6) is 0.117. The van der Waals surface area contributed by atoms with Crippen molar-refractivity contribution in [2.24, 2.45) is 5.92 Å². The summed E-state index contributed by atoms with van der Waals surface area (Å²) in [4.78, 5) is 17.3. The van der Waals surface area contributed by atoms with Gasteiger partial charge in [0, 0.05) is 38.5 Å². The summed E-state index contributed by atoms with van der Waals surface area (Å²) in [6, 6.07) is 12.8. The van der Waals surface area contributed by atoms with E-state index in [-0.39, 0.29) is 5.97 Å². The van der Waals surface area contributed by atoms with Gasteiger partial charge in [0.15, 0.2) is 0 Å². The van der Waals surface area contributed by atoms with Crippen LogP contribution in [0.1, 0.15) is 59.8 Å². The molecule has 34 heavy (non-hydrogen) atoms. The van der Waals surface area contributed by atoms with Crippen LogP contribution in [0.4, 0.5) is 11.4 Å². The number of piperidine rings is 1. The minimum Gasteiger partial charge on any atom is -0.462 e. The predicted molar refractivity (Wildman–Crippen MR) is 137 cm³/mol. The van der Waals surface area contributed by atoms with E-state index in [2.05, 4.69) is 42.7 Å². The fourth-order valence-electron chi connectivity index (χ4n) is 5.18. The minimum absolute atomic E-state index is 0.263. The highest BCUT2D eigenvalue weighted by Gasteiger charge is 2.32. The van der Waals surface area contributed by atoms with Crippen LogP contribution in [0.3, 0.4) is 0 Å². The second kappa shape index (κ2) is 11.4. The first-order chi connectivity index (χ1) is 16.3. The summed E-state index contributed by atoms with van der Waals surface area (Å²) in [7, 11) is 1.66. The average molecular weight is 464 g/mol. The number of rotatable bonds is 8. The Morgan fingerprint density at radius 2 is 1.97 bits per heavy atom. The molecule has 1 heterocycles. The van der Waals surface area contributed by atoms with Crippen molar-refractivity contribution in [1.82, 2.24) is 0 Å².